The molecule has 0 aromatic heterocycles. The number of guanidine groups is 1. The molecule has 5 nitrogen and oxygen atoms in total. The number of nitrogens with one attached hydrogen (secondary N) is 1. The fourth-order valence-electron chi connectivity index (χ4n) is 3.85. The monoisotopic (exact) mass is 437 g/mol. The molecule has 0 unspecified atom stereocenters. The predicted octanol–water partition coefficient (Wildman–Crippen LogP) is 3.18. The summed E-state index contributed by atoms with van der Waals surface area (Å²) in [5.41, 5.74) is 0.581. The number of unbranched alkanes of at least 4 members (excludes halogenated alkanes) is 2. The summed E-state index contributed by atoms with van der Waals surface area (Å²) >= 11 is 0. The molecular formula is C17H32IN3O2. The van der Waals surface area contributed by atoms with Gasteiger partial charge in [-0.1, -0.05) is 19.3 Å². The quantitative estimate of drug-likeness (QED) is 0.228. The van der Waals surface area contributed by atoms with Gasteiger partial charge < -0.3 is 15.0 Å². The fourth-order valence-corrected chi connectivity index (χ4v) is 3.85. The van der Waals surface area contributed by atoms with Gasteiger partial charge in [-0.2, -0.15) is 0 Å². The Morgan fingerprint density at radius 3 is 2.61 bits per heavy atom. The number of carbonyl (C=O) groups is 1. The highest BCUT2D eigenvalue weighted by molar-refractivity contribution is 14.0. The maximum absolute atomic E-state index is 11.0. The van der Waals surface area contributed by atoms with Crippen molar-refractivity contribution in [2.45, 2.75) is 57.8 Å². The van der Waals surface area contributed by atoms with Gasteiger partial charge in [-0.05, 0) is 37.5 Å². The minimum Gasteiger partial charge on any atom is -0.469 e. The molecular weight excluding hydrogens is 405 g/mol. The van der Waals surface area contributed by atoms with Crippen molar-refractivity contribution in [3.05, 3.63) is 0 Å². The molecule has 0 bridgehead atoms. The van der Waals surface area contributed by atoms with Crippen molar-refractivity contribution >= 4 is 35.9 Å². The molecule has 2 fully saturated rings. The molecule has 6 heteroatoms. The number of hydrogen-bond acceptors (Lipinski definition) is 3. The number of likely N-dealkylation sites (tertiary alicyclic amines) is 1. The molecule has 0 aromatic rings. The molecule has 0 amide bonds. The molecule has 0 radical (unpaired) electrons. The second-order valence-electron chi connectivity index (χ2n) is 6.74. The Labute approximate surface area is 157 Å². The van der Waals surface area contributed by atoms with Crippen molar-refractivity contribution in [1.82, 2.24) is 10.2 Å². The van der Waals surface area contributed by atoms with Crippen LogP contribution in [0.2, 0.25) is 0 Å². The lowest BCUT2D eigenvalue weighted by Gasteiger charge is -2.25. The van der Waals surface area contributed by atoms with Gasteiger partial charge in [0.25, 0.3) is 0 Å². The number of halogens is 1. The average molecular weight is 437 g/mol. The van der Waals surface area contributed by atoms with E-state index in [2.05, 4.69) is 19.9 Å². The van der Waals surface area contributed by atoms with Gasteiger partial charge in [0.15, 0.2) is 5.96 Å². The van der Waals surface area contributed by atoms with Gasteiger partial charge in [0.05, 0.1) is 7.11 Å². The Hall–Kier alpha value is -0.530. The first-order valence-corrected chi connectivity index (χ1v) is 8.71. The molecule has 1 heterocycles. The van der Waals surface area contributed by atoms with Gasteiger partial charge in [0, 0.05) is 33.1 Å². The molecule has 1 aliphatic carbocycles. The topological polar surface area (TPSA) is 53.9 Å². The molecule has 1 saturated heterocycles. The van der Waals surface area contributed by atoms with E-state index in [1.165, 1.54) is 45.8 Å². The lowest BCUT2D eigenvalue weighted by atomic mass is 9.86. The van der Waals surface area contributed by atoms with Gasteiger partial charge in [0.1, 0.15) is 0 Å². The first-order valence-electron chi connectivity index (χ1n) is 8.71. The van der Waals surface area contributed by atoms with E-state index in [1.807, 2.05) is 7.05 Å². The molecule has 0 atom stereocenters. The number of aliphatic imine (C=N–C) groups is 1. The highest BCUT2D eigenvalue weighted by atomic mass is 127. The van der Waals surface area contributed by atoms with E-state index in [1.54, 1.807) is 0 Å². The Balaban J connectivity index is 0.00000264. The van der Waals surface area contributed by atoms with Gasteiger partial charge in [-0.25, -0.2) is 0 Å². The van der Waals surface area contributed by atoms with Crippen LogP contribution in [0.5, 0.6) is 0 Å². The zero-order valence-corrected chi connectivity index (χ0v) is 16.9. The molecule has 1 spiro atoms. The van der Waals surface area contributed by atoms with Crippen molar-refractivity contribution in [2.75, 3.05) is 33.8 Å². The van der Waals surface area contributed by atoms with E-state index in [9.17, 15) is 4.79 Å². The zero-order chi connectivity index (χ0) is 15.8. The minimum absolute atomic E-state index is 0. The normalized spacial score (nSPS) is 19.7. The van der Waals surface area contributed by atoms with Crippen LogP contribution in [0, 0.1) is 5.41 Å². The summed E-state index contributed by atoms with van der Waals surface area (Å²) in [6.45, 7) is 3.24. The maximum Gasteiger partial charge on any atom is 0.305 e. The summed E-state index contributed by atoms with van der Waals surface area (Å²) in [5.74, 6) is 0.944. The van der Waals surface area contributed by atoms with Gasteiger partial charge in [0.2, 0.25) is 0 Å². The van der Waals surface area contributed by atoms with Crippen LogP contribution in [-0.4, -0.2) is 50.6 Å². The third kappa shape index (κ3) is 6.12. The zero-order valence-electron chi connectivity index (χ0n) is 14.6. The van der Waals surface area contributed by atoms with E-state index in [4.69, 9.17) is 0 Å². The molecule has 2 aliphatic rings. The molecule has 1 saturated carbocycles. The maximum atomic E-state index is 11.0. The Morgan fingerprint density at radius 1 is 1.22 bits per heavy atom. The summed E-state index contributed by atoms with van der Waals surface area (Å²) in [6.07, 6.45) is 10.5. The third-order valence-electron chi connectivity index (χ3n) is 5.18. The van der Waals surface area contributed by atoms with Crippen molar-refractivity contribution in [1.29, 1.82) is 0 Å². The predicted molar refractivity (Wildman–Crippen MR) is 104 cm³/mol. The van der Waals surface area contributed by atoms with E-state index < -0.39 is 0 Å². The Bertz CT molecular complexity index is 395. The van der Waals surface area contributed by atoms with Gasteiger partial charge in [-0.3, -0.25) is 9.79 Å². The fraction of sp³-hybridized carbons (Fsp3) is 0.882. The van der Waals surface area contributed by atoms with Crippen LogP contribution < -0.4 is 5.32 Å². The largest absolute Gasteiger partial charge is 0.469 e. The minimum atomic E-state index is -0.109. The summed E-state index contributed by atoms with van der Waals surface area (Å²) in [5, 5.41) is 3.48. The number of rotatable bonds is 6. The number of hydrogen-bond donors (Lipinski definition) is 1. The molecule has 1 N–H and O–H groups in total. The number of esters is 1. The second-order valence-corrected chi connectivity index (χ2v) is 6.74. The standard InChI is InChI=1S/C17H31N3O2.HI/c1-18-16(19-12-7-3-4-8-15(21)22-2)20-13-11-17(14-20)9-5-6-10-17;/h3-14H2,1-2H3,(H,18,19);1H. The van der Waals surface area contributed by atoms with Gasteiger partial charge >= 0.3 is 5.97 Å². The number of nitrogens with zero attached hydrogens (tertiary/aromatic N) is 2. The van der Waals surface area contributed by atoms with Crippen molar-refractivity contribution in [3.8, 4) is 0 Å². The van der Waals surface area contributed by atoms with Crippen LogP contribution in [0.3, 0.4) is 0 Å². The first kappa shape index (κ1) is 20.5. The second kappa shape index (κ2) is 10.4. The van der Waals surface area contributed by atoms with Crippen LogP contribution in [0.1, 0.15) is 57.8 Å². The molecule has 2 rings (SSSR count). The van der Waals surface area contributed by atoms with Crippen molar-refractivity contribution in [3.63, 3.8) is 0 Å². The van der Waals surface area contributed by atoms with Crippen molar-refractivity contribution in [2.24, 2.45) is 10.4 Å². The van der Waals surface area contributed by atoms with E-state index in [-0.39, 0.29) is 29.9 Å². The highest BCUT2D eigenvalue weighted by Crippen LogP contribution is 2.45. The Kier molecular flexibility index (Phi) is 9.24. The number of ether oxygens (including phenoxy) is 1. The molecule has 0 aromatic carbocycles. The summed E-state index contributed by atoms with van der Waals surface area (Å²) < 4.78 is 4.65. The van der Waals surface area contributed by atoms with E-state index in [0.717, 1.165) is 38.3 Å². The smallest absolute Gasteiger partial charge is 0.305 e. The van der Waals surface area contributed by atoms with Crippen LogP contribution >= 0.6 is 24.0 Å². The first-order chi connectivity index (χ1) is 10.7. The molecule has 23 heavy (non-hydrogen) atoms. The van der Waals surface area contributed by atoms with E-state index >= 15 is 0 Å². The number of methoxy groups -OCH3 is 1. The molecule has 1 aliphatic heterocycles. The molecule has 134 valence electrons. The number of carbonyl (C=O) groups excluding carboxylic acids is 1. The summed E-state index contributed by atoms with van der Waals surface area (Å²) in [4.78, 5) is 17.9. The average Bonchev–Trinajstić information content (AvgIpc) is 3.17. The SMILES string of the molecule is CN=C(NCCCCCC(=O)OC)N1CCC2(CCCC2)C1.I. The van der Waals surface area contributed by atoms with Crippen LogP contribution in [0.25, 0.3) is 0 Å². The van der Waals surface area contributed by atoms with Crippen molar-refractivity contribution < 1.29 is 9.53 Å². The van der Waals surface area contributed by atoms with E-state index in [0.29, 0.717) is 11.8 Å². The van der Waals surface area contributed by atoms with Crippen LogP contribution in [-0.2, 0) is 9.53 Å². The highest BCUT2D eigenvalue weighted by Gasteiger charge is 2.40. The lowest BCUT2D eigenvalue weighted by Crippen LogP contribution is -2.41. The summed E-state index contributed by atoms with van der Waals surface area (Å²) in [6, 6.07) is 0. The summed E-state index contributed by atoms with van der Waals surface area (Å²) in [7, 11) is 3.32. The Morgan fingerprint density at radius 2 is 1.96 bits per heavy atom. The van der Waals surface area contributed by atoms with Crippen LogP contribution in [0.15, 0.2) is 4.99 Å². The third-order valence-corrected chi connectivity index (χ3v) is 5.18. The lowest BCUT2D eigenvalue weighted by molar-refractivity contribution is -0.140. The van der Waals surface area contributed by atoms with Gasteiger partial charge in [-0.15, -0.1) is 24.0 Å². The van der Waals surface area contributed by atoms with Crippen LogP contribution in [0.4, 0.5) is 0 Å².